The van der Waals surface area contributed by atoms with Crippen LogP contribution in [-0.4, -0.2) is 19.0 Å². The van der Waals surface area contributed by atoms with Crippen LogP contribution < -0.4 is 9.47 Å². The van der Waals surface area contributed by atoms with E-state index in [-0.39, 0.29) is 0 Å². The number of hydrogen-bond acceptors (Lipinski definition) is 2. The van der Waals surface area contributed by atoms with Gasteiger partial charge in [0.15, 0.2) is 11.5 Å². The Morgan fingerprint density at radius 2 is 1.78 bits per heavy atom. The maximum atomic E-state index is 6.01. The molecule has 0 radical (unpaired) electrons. The van der Waals surface area contributed by atoms with Crippen molar-refractivity contribution in [2.24, 2.45) is 5.41 Å². The molecule has 2 nitrogen and oxygen atoms in total. The van der Waals surface area contributed by atoms with Crippen molar-refractivity contribution in [1.82, 2.24) is 0 Å². The van der Waals surface area contributed by atoms with Crippen molar-refractivity contribution in [1.29, 1.82) is 0 Å². The molecule has 0 spiro atoms. The number of ether oxygens (including phenoxy) is 2. The lowest BCUT2D eigenvalue weighted by molar-refractivity contribution is 0.119. The third-order valence-corrected chi connectivity index (χ3v) is 4.99. The maximum absolute atomic E-state index is 6.01. The van der Waals surface area contributed by atoms with Gasteiger partial charge in [0.25, 0.3) is 0 Å². The van der Waals surface area contributed by atoms with Gasteiger partial charge < -0.3 is 9.47 Å². The molecule has 0 unspecified atom stereocenters. The number of halogens is 1. The number of para-hydroxylation sites is 2. The largest absolute Gasteiger partial charge is 0.493 e. The Morgan fingerprint density at radius 3 is 2.39 bits per heavy atom. The molecule has 0 heterocycles. The predicted molar refractivity (Wildman–Crippen MR) is 77.8 cm³/mol. The van der Waals surface area contributed by atoms with Gasteiger partial charge in [-0.25, -0.2) is 0 Å². The lowest BCUT2D eigenvalue weighted by Gasteiger charge is -2.35. The van der Waals surface area contributed by atoms with Crippen LogP contribution in [0.2, 0.25) is 0 Å². The molecule has 2 rings (SSSR count). The monoisotopic (exact) mass is 312 g/mol. The second kappa shape index (κ2) is 6.46. The fourth-order valence-corrected chi connectivity index (χ4v) is 3.31. The molecule has 18 heavy (non-hydrogen) atoms. The van der Waals surface area contributed by atoms with Crippen LogP contribution in [0.1, 0.15) is 32.1 Å². The van der Waals surface area contributed by atoms with Gasteiger partial charge in [-0.3, -0.25) is 0 Å². The minimum Gasteiger partial charge on any atom is -0.493 e. The fraction of sp³-hybridized carbons (Fsp3) is 0.600. The summed E-state index contributed by atoms with van der Waals surface area (Å²) in [5.74, 6) is 1.67. The third-order valence-electron chi connectivity index (χ3n) is 3.80. The second-order valence-corrected chi connectivity index (χ2v) is 5.69. The van der Waals surface area contributed by atoms with E-state index in [4.69, 9.17) is 9.47 Å². The maximum Gasteiger partial charge on any atom is 0.161 e. The summed E-state index contributed by atoms with van der Waals surface area (Å²) >= 11 is 3.67. The van der Waals surface area contributed by atoms with Crippen molar-refractivity contribution < 1.29 is 9.47 Å². The highest BCUT2D eigenvalue weighted by molar-refractivity contribution is 9.09. The summed E-state index contributed by atoms with van der Waals surface area (Å²) in [6.07, 6.45) is 6.52. The fourth-order valence-electron chi connectivity index (χ4n) is 2.59. The molecule has 0 aromatic heterocycles. The lowest BCUT2D eigenvalue weighted by atomic mass is 9.76. The summed E-state index contributed by atoms with van der Waals surface area (Å²) in [4.78, 5) is 0. The first kappa shape index (κ1) is 13.7. The number of hydrogen-bond donors (Lipinski definition) is 0. The summed E-state index contributed by atoms with van der Waals surface area (Å²) < 4.78 is 11.3. The molecular formula is C15H21BrO2. The number of alkyl halides is 1. The van der Waals surface area contributed by atoms with Crippen molar-refractivity contribution in [2.45, 2.75) is 32.1 Å². The molecule has 0 amide bonds. The molecule has 3 heteroatoms. The van der Waals surface area contributed by atoms with E-state index in [0.29, 0.717) is 5.41 Å². The summed E-state index contributed by atoms with van der Waals surface area (Å²) in [7, 11) is 1.68. The average Bonchev–Trinajstić information content (AvgIpc) is 2.46. The number of benzene rings is 1. The van der Waals surface area contributed by atoms with Crippen LogP contribution >= 0.6 is 15.9 Å². The van der Waals surface area contributed by atoms with Gasteiger partial charge in [-0.1, -0.05) is 47.3 Å². The van der Waals surface area contributed by atoms with Crippen LogP contribution in [0.4, 0.5) is 0 Å². The Labute approximate surface area is 118 Å². The molecule has 0 bridgehead atoms. The Morgan fingerprint density at radius 1 is 1.11 bits per heavy atom. The smallest absolute Gasteiger partial charge is 0.161 e. The third kappa shape index (κ3) is 3.19. The molecule has 0 N–H and O–H groups in total. The quantitative estimate of drug-likeness (QED) is 0.749. The van der Waals surface area contributed by atoms with Crippen molar-refractivity contribution in [3.05, 3.63) is 24.3 Å². The van der Waals surface area contributed by atoms with Crippen molar-refractivity contribution in [3.8, 4) is 11.5 Å². The molecule has 1 aromatic carbocycles. The van der Waals surface area contributed by atoms with Crippen LogP contribution in [-0.2, 0) is 0 Å². The SMILES string of the molecule is COc1ccccc1OCC1(CBr)CCCCC1. The molecule has 0 saturated heterocycles. The Balaban J connectivity index is 2.01. The predicted octanol–water partition coefficient (Wildman–Crippen LogP) is 4.42. The normalized spacial score (nSPS) is 18.3. The minimum atomic E-state index is 0.305. The van der Waals surface area contributed by atoms with Crippen molar-refractivity contribution in [2.75, 3.05) is 19.0 Å². The highest BCUT2D eigenvalue weighted by Gasteiger charge is 2.32. The Kier molecular flexibility index (Phi) is 4.93. The van der Waals surface area contributed by atoms with Gasteiger partial charge in [-0.2, -0.15) is 0 Å². The lowest BCUT2D eigenvalue weighted by Crippen LogP contribution is -2.32. The number of rotatable bonds is 5. The topological polar surface area (TPSA) is 18.5 Å². The number of methoxy groups -OCH3 is 1. The van der Waals surface area contributed by atoms with Crippen LogP contribution in [0.25, 0.3) is 0 Å². The summed E-state index contributed by atoms with van der Waals surface area (Å²) in [5, 5.41) is 1.02. The summed E-state index contributed by atoms with van der Waals surface area (Å²) in [6.45, 7) is 0.776. The molecule has 1 fully saturated rings. The van der Waals surface area contributed by atoms with Crippen molar-refractivity contribution >= 4 is 15.9 Å². The van der Waals surface area contributed by atoms with Crippen LogP contribution in [0.5, 0.6) is 11.5 Å². The van der Waals surface area contributed by atoms with Gasteiger partial charge in [0, 0.05) is 10.7 Å². The first-order chi connectivity index (χ1) is 8.79. The van der Waals surface area contributed by atoms with Gasteiger partial charge in [0.1, 0.15) is 0 Å². The van der Waals surface area contributed by atoms with Crippen molar-refractivity contribution in [3.63, 3.8) is 0 Å². The van der Waals surface area contributed by atoms with E-state index in [1.165, 1.54) is 32.1 Å². The first-order valence-corrected chi connectivity index (χ1v) is 7.74. The van der Waals surface area contributed by atoms with E-state index in [1.807, 2.05) is 24.3 Å². The van der Waals surface area contributed by atoms with E-state index in [2.05, 4.69) is 15.9 Å². The summed E-state index contributed by atoms with van der Waals surface area (Å²) in [5.41, 5.74) is 0.305. The molecule has 1 aliphatic carbocycles. The highest BCUT2D eigenvalue weighted by atomic mass is 79.9. The first-order valence-electron chi connectivity index (χ1n) is 6.61. The van der Waals surface area contributed by atoms with E-state index in [9.17, 15) is 0 Å². The Hall–Kier alpha value is -0.700. The molecule has 1 aliphatic rings. The van der Waals surface area contributed by atoms with Gasteiger partial charge in [-0.05, 0) is 25.0 Å². The van der Waals surface area contributed by atoms with Gasteiger partial charge in [0.2, 0.25) is 0 Å². The van der Waals surface area contributed by atoms with E-state index < -0.39 is 0 Å². The van der Waals surface area contributed by atoms with Crippen LogP contribution in [0, 0.1) is 5.41 Å². The highest BCUT2D eigenvalue weighted by Crippen LogP contribution is 2.39. The molecule has 0 aliphatic heterocycles. The molecule has 100 valence electrons. The zero-order valence-corrected chi connectivity index (χ0v) is 12.5. The molecule has 0 atom stereocenters. The van der Waals surface area contributed by atoms with Crippen LogP contribution in [0.3, 0.4) is 0 Å². The van der Waals surface area contributed by atoms with E-state index in [1.54, 1.807) is 7.11 Å². The van der Waals surface area contributed by atoms with E-state index in [0.717, 1.165) is 23.4 Å². The Bertz CT molecular complexity index is 373. The zero-order valence-electron chi connectivity index (χ0n) is 11.0. The van der Waals surface area contributed by atoms with Gasteiger partial charge in [-0.15, -0.1) is 0 Å². The molecular weight excluding hydrogens is 292 g/mol. The minimum absolute atomic E-state index is 0.305. The zero-order chi connectivity index (χ0) is 12.8. The summed E-state index contributed by atoms with van der Waals surface area (Å²) in [6, 6.07) is 7.87. The second-order valence-electron chi connectivity index (χ2n) is 5.13. The standard InChI is InChI=1S/C15H21BrO2/c1-17-13-7-3-4-8-14(13)18-12-15(11-16)9-5-2-6-10-15/h3-4,7-8H,2,5-6,9-12H2,1H3. The molecule has 1 aromatic rings. The van der Waals surface area contributed by atoms with Crippen LogP contribution in [0.15, 0.2) is 24.3 Å². The van der Waals surface area contributed by atoms with Gasteiger partial charge >= 0.3 is 0 Å². The molecule has 1 saturated carbocycles. The average molecular weight is 313 g/mol. The van der Waals surface area contributed by atoms with E-state index >= 15 is 0 Å². The van der Waals surface area contributed by atoms with Gasteiger partial charge in [0.05, 0.1) is 13.7 Å².